The number of Topliss-reactive ketones (excluding diaryl/α,β-unsaturated/α-hetero) is 1. The highest BCUT2D eigenvalue weighted by molar-refractivity contribution is 6.30. The fourth-order valence-corrected chi connectivity index (χ4v) is 3.70. The molecule has 0 unspecified atom stereocenters. The van der Waals surface area contributed by atoms with Gasteiger partial charge in [0.25, 0.3) is 0 Å². The van der Waals surface area contributed by atoms with Gasteiger partial charge in [0.05, 0.1) is 0 Å². The predicted molar refractivity (Wildman–Crippen MR) is 122 cm³/mol. The van der Waals surface area contributed by atoms with E-state index in [2.05, 4.69) is 31.2 Å². The van der Waals surface area contributed by atoms with Crippen LogP contribution in [0.1, 0.15) is 17.3 Å². The van der Waals surface area contributed by atoms with Gasteiger partial charge in [0.2, 0.25) is 0 Å². The van der Waals surface area contributed by atoms with Crippen LogP contribution in [0.15, 0.2) is 54.9 Å². The number of aromatic nitrogens is 2. The van der Waals surface area contributed by atoms with Crippen molar-refractivity contribution in [1.29, 1.82) is 0 Å². The van der Waals surface area contributed by atoms with Gasteiger partial charge in [0, 0.05) is 48.1 Å². The van der Waals surface area contributed by atoms with Gasteiger partial charge in [-0.15, -0.1) is 0 Å². The van der Waals surface area contributed by atoms with Crippen molar-refractivity contribution >= 4 is 46.1 Å². The van der Waals surface area contributed by atoms with E-state index in [4.69, 9.17) is 17.3 Å². The highest BCUT2D eigenvalue weighted by Gasteiger charge is 2.21. The molecule has 0 radical (unpaired) electrons. The summed E-state index contributed by atoms with van der Waals surface area (Å²) in [5.74, 6) is 1.30. The van der Waals surface area contributed by atoms with Gasteiger partial charge in [0.15, 0.2) is 17.4 Å². The molecule has 0 saturated carbocycles. The van der Waals surface area contributed by atoms with Crippen LogP contribution in [0, 0.1) is 0 Å². The Hall–Kier alpha value is -3.32. The Balaban J connectivity index is 1.46. The van der Waals surface area contributed by atoms with Gasteiger partial charge in [-0.25, -0.2) is 9.97 Å². The topological polar surface area (TPSA) is 87.4 Å². The van der Waals surface area contributed by atoms with Crippen molar-refractivity contribution in [3.63, 3.8) is 0 Å². The number of hydrogen-bond donors (Lipinski definition) is 2. The molecule has 30 heavy (non-hydrogen) atoms. The third kappa shape index (κ3) is 4.31. The molecular weight excluding hydrogens is 400 g/mol. The third-order valence-electron chi connectivity index (χ3n) is 5.17. The largest absolute Gasteiger partial charge is 0.393 e. The summed E-state index contributed by atoms with van der Waals surface area (Å²) in [5, 5.41) is 3.96. The van der Waals surface area contributed by atoms with Crippen molar-refractivity contribution in [2.45, 2.75) is 6.92 Å². The van der Waals surface area contributed by atoms with E-state index in [1.54, 1.807) is 19.1 Å². The van der Waals surface area contributed by atoms with E-state index < -0.39 is 0 Å². The highest BCUT2D eigenvalue weighted by Crippen LogP contribution is 2.30. The van der Waals surface area contributed by atoms with E-state index in [0.717, 1.165) is 48.4 Å². The molecule has 0 spiro atoms. The lowest BCUT2D eigenvalue weighted by Crippen LogP contribution is -2.47. The van der Waals surface area contributed by atoms with Crippen molar-refractivity contribution in [3.05, 3.63) is 65.4 Å². The van der Waals surface area contributed by atoms with Crippen LogP contribution >= 0.6 is 11.6 Å². The van der Waals surface area contributed by atoms with E-state index in [-0.39, 0.29) is 5.78 Å². The van der Waals surface area contributed by atoms with E-state index in [1.165, 1.54) is 6.33 Å². The minimum Gasteiger partial charge on any atom is -0.393 e. The summed E-state index contributed by atoms with van der Waals surface area (Å²) >= 11 is 6.12. The molecule has 8 heteroatoms. The average molecular weight is 423 g/mol. The number of halogens is 1. The van der Waals surface area contributed by atoms with Crippen LogP contribution in [0.25, 0.3) is 0 Å². The van der Waals surface area contributed by atoms with Crippen molar-refractivity contribution < 1.29 is 4.79 Å². The Morgan fingerprint density at radius 2 is 1.73 bits per heavy atom. The molecule has 2 heterocycles. The minimum atomic E-state index is 0.0299. The van der Waals surface area contributed by atoms with Crippen molar-refractivity contribution in [3.8, 4) is 0 Å². The molecule has 0 atom stereocenters. The first kappa shape index (κ1) is 20.0. The van der Waals surface area contributed by atoms with E-state index in [1.807, 2.05) is 30.3 Å². The van der Waals surface area contributed by atoms with E-state index >= 15 is 0 Å². The van der Waals surface area contributed by atoms with Gasteiger partial charge in [-0.3, -0.25) is 4.79 Å². The second kappa shape index (κ2) is 8.59. The molecule has 0 amide bonds. The van der Waals surface area contributed by atoms with Gasteiger partial charge >= 0.3 is 0 Å². The normalized spacial score (nSPS) is 13.9. The maximum absolute atomic E-state index is 11.4. The van der Waals surface area contributed by atoms with Gasteiger partial charge < -0.3 is 20.9 Å². The number of piperazine rings is 1. The molecule has 0 bridgehead atoms. The molecule has 3 aromatic rings. The van der Waals surface area contributed by atoms with Crippen LogP contribution in [-0.4, -0.2) is 41.9 Å². The zero-order chi connectivity index (χ0) is 21.1. The monoisotopic (exact) mass is 422 g/mol. The highest BCUT2D eigenvalue weighted by atomic mass is 35.5. The minimum absolute atomic E-state index is 0.0299. The summed E-state index contributed by atoms with van der Waals surface area (Å²) in [4.78, 5) is 24.6. The number of nitrogens with one attached hydrogen (secondary N) is 1. The smallest absolute Gasteiger partial charge is 0.159 e. The Morgan fingerprint density at radius 3 is 2.40 bits per heavy atom. The molecule has 1 fully saturated rings. The number of ketones is 1. The van der Waals surface area contributed by atoms with Gasteiger partial charge in [0.1, 0.15) is 12.0 Å². The van der Waals surface area contributed by atoms with Gasteiger partial charge in [-0.2, -0.15) is 0 Å². The number of nitrogens with two attached hydrogens (primary N) is 1. The number of carbonyl (C=O) groups is 1. The fraction of sp³-hybridized carbons (Fsp3) is 0.227. The van der Waals surface area contributed by atoms with Crippen molar-refractivity contribution in [2.24, 2.45) is 0 Å². The van der Waals surface area contributed by atoms with Crippen molar-refractivity contribution in [2.75, 3.05) is 47.0 Å². The molecule has 3 N–H and O–H groups in total. The Kier molecular flexibility index (Phi) is 5.72. The van der Waals surface area contributed by atoms with Crippen LogP contribution < -0.4 is 20.9 Å². The maximum atomic E-state index is 11.4. The number of anilines is 5. The third-order valence-corrected chi connectivity index (χ3v) is 5.40. The number of nitrogen functional groups attached to an aromatic ring is 1. The molecule has 154 valence electrons. The Bertz CT molecular complexity index is 1050. The standard InChI is InChI=1S/C22H23ClN6O/c1-15(30)16-5-7-18(8-6-16)27-21-20(24)22(26-14-25-21)29-11-9-28(10-12-29)19-4-2-3-17(23)13-19/h2-8,13-14H,9-12,24H2,1H3,(H,25,26,27). The SMILES string of the molecule is CC(=O)c1ccc(Nc2ncnc(N3CCN(c4cccc(Cl)c4)CC3)c2N)cc1. The first-order valence-electron chi connectivity index (χ1n) is 9.75. The molecular formula is C22H23ClN6O. The molecule has 1 aromatic heterocycles. The van der Waals surface area contributed by atoms with Crippen LogP contribution in [0.4, 0.5) is 28.7 Å². The number of nitrogens with zero attached hydrogens (tertiary/aromatic N) is 4. The van der Waals surface area contributed by atoms with Crippen LogP contribution in [0.5, 0.6) is 0 Å². The summed E-state index contributed by atoms with van der Waals surface area (Å²) in [6, 6.07) is 15.1. The number of rotatable bonds is 5. The van der Waals surface area contributed by atoms with Gasteiger partial charge in [-0.1, -0.05) is 17.7 Å². The van der Waals surface area contributed by atoms with Crippen LogP contribution in [-0.2, 0) is 0 Å². The number of benzene rings is 2. The number of hydrogen-bond acceptors (Lipinski definition) is 7. The maximum Gasteiger partial charge on any atom is 0.159 e. The first-order chi connectivity index (χ1) is 14.5. The zero-order valence-corrected chi connectivity index (χ0v) is 17.4. The Morgan fingerprint density at radius 1 is 1.03 bits per heavy atom. The second-order valence-corrected chi connectivity index (χ2v) is 7.61. The molecule has 1 aliphatic heterocycles. The van der Waals surface area contributed by atoms with Crippen LogP contribution in [0.3, 0.4) is 0 Å². The van der Waals surface area contributed by atoms with E-state index in [9.17, 15) is 4.79 Å². The summed E-state index contributed by atoms with van der Waals surface area (Å²) < 4.78 is 0. The molecule has 4 rings (SSSR count). The number of carbonyl (C=O) groups excluding carboxylic acids is 1. The van der Waals surface area contributed by atoms with E-state index in [0.29, 0.717) is 17.1 Å². The summed E-state index contributed by atoms with van der Waals surface area (Å²) in [6.07, 6.45) is 1.52. The quantitative estimate of drug-likeness (QED) is 0.601. The van der Waals surface area contributed by atoms with Gasteiger partial charge in [-0.05, 0) is 49.4 Å². The Labute approximate surface area is 180 Å². The molecule has 7 nitrogen and oxygen atoms in total. The zero-order valence-electron chi connectivity index (χ0n) is 16.7. The second-order valence-electron chi connectivity index (χ2n) is 7.17. The molecule has 1 aliphatic rings. The summed E-state index contributed by atoms with van der Waals surface area (Å²) in [5.41, 5.74) is 9.48. The molecule has 2 aromatic carbocycles. The lowest BCUT2D eigenvalue weighted by molar-refractivity contribution is 0.101. The first-order valence-corrected chi connectivity index (χ1v) is 10.1. The summed E-state index contributed by atoms with van der Waals surface area (Å²) in [7, 11) is 0. The molecule has 1 saturated heterocycles. The average Bonchev–Trinajstić information content (AvgIpc) is 2.76. The fourth-order valence-electron chi connectivity index (χ4n) is 3.51. The van der Waals surface area contributed by atoms with Crippen LogP contribution in [0.2, 0.25) is 5.02 Å². The lowest BCUT2D eigenvalue weighted by atomic mass is 10.1. The van der Waals surface area contributed by atoms with Crippen molar-refractivity contribution in [1.82, 2.24) is 9.97 Å². The lowest BCUT2D eigenvalue weighted by Gasteiger charge is -2.37. The summed E-state index contributed by atoms with van der Waals surface area (Å²) in [6.45, 7) is 4.82. The molecule has 0 aliphatic carbocycles. The predicted octanol–water partition coefficient (Wildman–Crippen LogP) is 3.99.